The standard InChI is InChI=1S/C11H16O2.C4H10/c1-4-8-5-10(12)11(13)6-9(8)7(2)3;1-3-4-2/h5-7,12-13H,4H2,1-3H3;3-4H2,1-2H3. The summed E-state index contributed by atoms with van der Waals surface area (Å²) in [5, 5.41) is 18.6. The lowest BCUT2D eigenvalue weighted by Crippen LogP contribution is -1.94. The van der Waals surface area contributed by atoms with Crippen molar-refractivity contribution in [3.8, 4) is 11.5 Å². The van der Waals surface area contributed by atoms with Crippen LogP contribution in [0.25, 0.3) is 0 Å². The van der Waals surface area contributed by atoms with Crippen LogP contribution in [0.3, 0.4) is 0 Å². The van der Waals surface area contributed by atoms with E-state index in [1.54, 1.807) is 12.1 Å². The monoisotopic (exact) mass is 238 g/mol. The van der Waals surface area contributed by atoms with Crippen molar-refractivity contribution in [2.45, 2.75) is 59.8 Å². The van der Waals surface area contributed by atoms with Gasteiger partial charge in [0.25, 0.3) is 0 Å². The van der Waals surface area contributed by atoms with Gasteiger partial charge in [0.2, 0.25) is 0 Å². The Morgan fingerprint density at radius 1 is 0.941 bits per heavy atom. The normalized spacial score (nSPS) is 10.0. The van der Waals surface area contributed by atoms with Crippen LogP contribution < -0.4 is 0 Å². The molecule has 2 nitrogen and oxygen atoms in total. The minimum Gasteiger partial charge on any atom is -0.504 e. The zero-order valence-corrected chi connectivity index (χ0v) is 11.7. The van der Waals surface area contributed by atoms with Crippen LogP contribution in [-0.4, -0.2) is 10.2 Å². The lowest BCUT2D eigenvalue weighted by Gasteiger charge is -2.12. The highest BCUT2D eigenvalue weighted by Gasteiger charge is 2.09. The highest BCUT2D eigenvalue weighted by atomic mass is 16.3. The highest BCUT2D eigenvalue weighted by molar-refractivity contribution is 5.46. The summed E-state index contributed by atoms with van der Waals surface area (Å²) >= 11 is 0. The molecule has 0 saturated heterocycles. The summed E-state index contributed by atoms with van der Waals surface area (Å²) in [7, 11) is 0. The predicted octanol–water partition coefficient (Wildman–Crippen LogP) is 4.59. The molecule has 0 aliphatic rings. The van der Waals surface area contributed by atoms with Crippen LogP contribution in [0.2, 0.25) is 0 Å². The van der Waals surface area contributed by atoms with Gasteiger partial charge in [0.1, 0.15) is 0 Å². The number of unbranched alkanes of at least 4 members (excludes halogenated alkanes) is 1. The summed E-state index contributed by atoms with van der Waals surface area (Å²) in [6.07, 6.45) is 3.52. The second-order valence-corrected chi connectivity index (χ2v) is 4.55. The number of benzene rings is 1. The maximum absolute atomic E-state index is 9.32. The first-order valence-electron chi connectivity index (χ1n) is 6.52. The molecule has 0 spiro atoms. The first-order valence-corrected chi connectivity index (χ1v) is 6.52. The maximum atomic E-state index is 9.32. The Morgan fingerprint density at radius 3 is 1.76 bits per heavy atom. The van der Waals surface area contributed by atoms with Crippen LogP contribution in [0.5, 0.6) is 11.5 Å². The minimum absolute atomic E-state index is 0.0266. The Kier molecular flexibility index (Phi) is 7.44. The van der Waals surface area contributed by atoms with Gasteiger partial charge in [-0.2, -0.15) is 0 Å². The van der Waals surface area contributed by atoms with Gasteiger partial charge in [-0.1, -0.05) is 47.5 Å². The van der Waals surface area contributed by atoms with Gasteiger partial charge in [-0.05, 0) is 35.6 Å². The molecule has 0 saturated carbocycles. The van der Waals surface area contributed by atoms with Crippen LogP contribution in [0, 0.1) is 0 Å². The van der Waals surface area contributed by atoms with Crippen LogP contribution in [0.15, 0.2) is 12.1 Å². The van der Waals surface area contributed by atoms with E-state index in [4.69, 9.17) is 0 Å². The van der Waals surface area contributed by atoms with Crippen molar-refractivity contribution in [2.75, 3.05) is 0 Å². The fraction of sp³-hybridized carbons (Fsp3) is 0.600. The van der Waals surface area contributed by atoms with Crippen LogP contribution in [-0.2, 0) is 6.42 Å². The predicted molar refractivity (Wildman–Crippen MR) is 73.8 cm³/mol. The Labute approximate surface area is 105 Å². The van der Waals surface area contributed by atoms with Crippen LogP contribution in [0.4, 0.5) is 0 Å². The molecule has 0 unspecified atom stereocenters. The Balaban J connectivity index is 0.000000557. The van der Waals surface area contributed by atoms with Crippen molar-refractivity contribution in [2.24, 2.45) is 0 Å². The van der Waals surface area contributed by atoms with E-state index in [2.05, 4.69) is 27.7 Å². The molecular weight excluding hydrogens is 212 g/mol. The van der Waals surface area contributed by atoms with Gasteiger partial charge in [0, 0.05) is 0 Å². The molecule has 1 aromatic carbocycles. The zero-order valence-electron chi connectivity index (χ0n) is 11.7. The van der Waals surface area contributed by atoms with Gasteiger partial charge in [0.05, 0.1) is 0 Å². The summed E-state index contributed by atoms with van der Waals surface area (Å²) in [4.78, 5) is 0. The quantitative estimate of drug-likeness (QED) is 0.756. The first-order chi connectivity index (χ1) is 7.97. The van der Waals surface area contributed by atoms with Crippen molar-refractivity contribution in [3.63, 3.8) is 0 Å². The number of phenols is 2. The molecule has 98 valence electrons. The maximum Gasteiger partial charge on any atom is 0.157 e. The summed E-state index contributed by atoms with van der Waals surface area (Å²) < 4.78 is 0. The number of rotatable bonds is 3. The van der Waals surface area contributed by atoms with Gasteiger partial charge in [-0.25, -0.2) is 0 Å². The smallest absolute Gasteiger partial charge is 0.157 e. The summed E-state index contributed by atoms with van der Waals surface area (Å²) in [5.41, 5.74) is 2.21. The van der Waals surface area contributed by atoms with Crippen molar-refractivity contribution in [1.29, 1.82) is 0 Å². The van der Waals surface area contributed by atoms with Crippen LogP contribution in [0.1, 0.15) is 64.5 Å². The molecule has 0 atom stereocenters. The molecule has 0 aromatic heterocycles. The zero-order chi connectivity index (χ0) is 13.4. The van der Waals surface area contributed by atoms with Gasteiger partial charge < -0.3 is 10.2 Å². The molecule has 2 N–H and O–H groups in total. The third-order valence-corrected chi connectivity index (χ3v) is 2.74. The number of hydrogen-bond acceptors (Lipinski definition) is 2. The van der Waals surface area contributed by atoms with E-state index in [0.29, 0.717) is 5.92 Å². The number of aromatic hydroxyl groups is 2. The van der Waals surface area contributed by atoms with Crippen molar-refractivity contribution in [1.82, 2.24) is 0 Å². The van der Waals surface area contributed by atoms with Crippen molar-refractivity contribution >= 4 is 0 Å². The topological polar surface area (TPSA) is 40.5 Å². The second kappa shape index (κ2) is 7.99. The number of hydrogen-bond donors (Lipinski definition) is 2. The molecule has 17 heavy (non-hydrogen) atoms. The van der Waals surface area contributed by atoms with Gasteiger partial charge in [0.15, 0.2) is 11.5 Å². The minimum atomic E-state index is -0.0269. The SMILES string of the molecule is CCCC.CCc1cc(O)c(O)cc1C(C)C. The molecule has 0 bridgehead atoms. The molecule has 0 fully saturated rings. The lowest BCUT2D eigenvalue weighted by molar-refractivity contribution is 0.402. The van der Waals surface area contributed by atoms with E-state index in [-0.39, 0.29) is 11.5 Å². The van der Waals surface area contributed by atoms with Crippen molar-refractivity contribution in [3.05, 3.63) is 23.3 Å². The van der Waals surface area contributed by atoms with E-state index in [1.807, 2.05) is 6.92 Å². The van der Waals surface area contributed by atoms with Gasteiger partial charge >= 0.3 is 0 Å². The summed E-state index contributed by atoms with van der Waals surface area (Å²) in [6, 6.07) is 3.30. The third-order valence-electron chi connectivity index (χ3n) is 2.74. The summed E-state index contributed by atoms with van der Waals surface area (Å²) in [5.74, 6) is 0.323. The average molecular weight is 238 g/mol. The Bertz CT molecular complexity index is 328. The average Bonchev–Trinajstić information content (AvgIpc) is 2.32. The molecule has 0 radical (unpaired) electrons. The lowest BCUT2D eigenvalue weighted by atomic mass is 9.95. The number of aryl methyl sites for hydroxylation is 1. The van der Waals surface area contributed by atoms with E-state index >= 15 is 0 Å². The van der Waals surface area contributed by atoms with E-state index in [9.17, 15) is 10.2 Å². The third kappa shape index (κ3) is 5.12. The van der Waals surface area contributed by atoms with E-state index in [0.717, 1.165) is 17.5 Å². The number of phenolic OH excluding ortho intramolecular Hbond substituents is 2. The Hall–Kier alpha value is -1.18. The molecule has 2 heteroatoms. The van der Waals surface area contributed by atoms with Crippen molar-refractivity contribution < 1.29 is 10.2 Å². The second-order valence-electron chi connectivity index (χ2n) is 4.55. The summed E-state index contributed by atoms with van der Waals surface area (Å²) in [6.45, 7) is 10.5. The Morgan fingerprint density at radius 2 is 1.41 bits per heavy atom. The highest BCUT2D eigenvalue weighted by Crippen LogP contribution is 2.32. The van der Waals surface area contributed by atoms with E-state index in [1.165, 1.54) is 12.8 Å². The molecular formula is C15H26O2. The molecule has 0 heterocycles. The largest absolute Gasteiger partial charge is 0.504 e. The molecule has 0 amide bonds. The molecule has 0 aliphatic carbocycles. The fourth-order valence-corrected chi connectivity index (χ4v) is 1.48. The molecule has 0 aliphatic heterocycles. The van der Waals surface area contributed by atoms with E-state index < -0.39 is 0 Å². The molecule has 1 aromatic rings. The van der Waals surface area contributed by atoms with Gasteiger partial charge in [-0.15, -0.1) is 0 Å². The first kappa shape index (κ1) is 15.8. The molecule has 1 rings (SSSR count). The van der Waals surface area contributed by atoms with Gasteiger partial charge in [-0.3, -0.25) is 0 Å². The van der Waals surface area contributed by atoms with Crippen LogP contribution >= 0.6 is 0 Å². The fourth-order valence-electron chi connectivity index (χ4n) is 1.48.